The van der Waals surface area contributed by atoms with E-state index in [0.29, 0.717) is 37.0 Å². The number of amides is 1. The number of hydrogen-bond donors (Lipinski definition) is 1. The van der Waals surface area contributed by atoms with E-state index in [1.807, 2.05) is 25.1 Å². The fourth-order valence-electron chi connectivity index (χ4n) is 3.75. The van der Waals surface area contributed by atoms with Crippen LogP contribution in [0.2, 0.25) is 0 Å². The summed E-state index contributed by atoms with van der Waals surface area (Å²) in [6.45, 7) is 7.86. The third kappa shape index (κ3) is 5.28. The van der Waals surface area contributed by atoms with Crippen LogP contribution in [0.3, 0.4) is 0 Å². The fourth-order valence-corrected chi connectivity index (χ4v) is 5.17. The van der Waals surface area contributed by atoms with E-state index < -0.39 is 10.0 Å². The lowest BCUT2D eigenvalue weighted by Gasteiger charge is -2.34. The predicted octanol–water partition coefficient (Wildman–Crippen LogP) is 2.81. The minimum atomic E-state index is -3.52. The Bertz CT molecular complexity index is 935. The number of carbonyl (C=O) groups excluding carboxylic acids is 1. The Kier molecular flexibility index (Phi) is 7.28. The van der Waals surface area contributed by atoms with E-state index in [2.05, 4.69) is 31.3 Å². The topological polar surface area (TPSA) is 69.7 Å². The Balaban J connectivity index is 1.55. The van der Waals surface area contributed by atoms with E-state index in [1.165, 1.54) is 4.31 Å². The Labute approximate surface area is 179 Å². The zero-order valence-electron chi connectivity index (χ0n) is 17.9. The highest BCUT2D eigenvalue weighted by molar-refractivity contribution is 7.89. The van der Waals surface area contributed by atoms with Gasteiger partial charge in [0, 0.05) is 32.2 Å². The number of aryl methyl sites for hydroxylation is 1. The van der Waals surface area contributed by atoms with Crippen molar-refractivity contribution in [3.8, 4) is 0 Å². The first kappa shape index (κ1) is 22.5. The summed E-state index contributed by atoms with van der Waals surface area (Å²) < 4.78 is 27.1. The number of carbonyl (C=O) groups is 1. The molecular weight excluding hydrogens is 398 g/mol. The molecule has 7 heteroatoms. The molecule has 1 atom stereocenters. The molecule has 0 unspecified atom stereocenters. The molecule has 0 spiro atoms. The summed E-state index contributed by atoms with van der Waals surface area (Å²) in [5, 5.41) is 3.38. The molecule has 1 fully saturated rings. The van der Waals surface area contributed by atoms with Crippen molar-refractivity contribution in [1.82, 2.24) is 14.5 Å². The number of piperazine rings is 1. The van der Waals surface area contributed by atoms with Crippen molar-refractivity contribution in [3.63, 3.8) is 0 Å². The van der Waals surface area contributed by atoms with Crippen LogP contribution in [0.15, 0.2) is 59.5 Å². The fraction of sp³-hybridized carbons (Fsp3) is 0.435. The molecule has 0 saturated carbocycles. The summed E-state index contributed by atoms with van der Waals surface area (Å²) in [6.07, 6.45) is 0. The van der Waals surface area contributed by atoms with Gasteiger partial charge in [-0.05, 0) is 30.5 Å². The molecule has 0 aromatic heterocycles. The van der Waals surface area contributed by atoms with Crippen LogP contribution in [0.5, 0.6) is 0 Å². The summed E-state index contributed by atoms with van der Waals surface area (Å²) in [5.74, 6) is 0.348. The van der Waals surface area contributed by atoms with E-state index >= 15 is 0 Å². The largest absolute Gasteiger partial charge is 0.339 e. The molecule has 1 aliphatic rings. The average molecular weight is 430 g/mol. The zero-order valence-corrected chi connectivity index (χ0v) is 18.7. The first-order valence-corrected chi connectivity index (χ1v) is 11.9. The van der Waals surface area contributed by atoms with Crippen LogP contribution >= 0.6 is 0 Å². The average Bonchev–Trinajstić information content (AvgIpc) is 2.74. The third-order valence-corrected chi connectivity index (χ3v) is 7.46. The standard InChI is InChI=1S/C23H31N3O3S/c1-18(2)23(20-7-5-4-6-8-20)24-17-22(27)25-13-15-26(16-14-25)30(28,29)21-11-9-19(3)10-12-21/h4-12,18,23-24H,13-17H2,1-3H3/t23-/m0/s1. The van der Waals surface area contributed by atoms with Crippen molar-refractivity contribution in [3.05, 3.63) is 65.7 Å². The van der Waals surface area contributed by atoms with Crippen LogP contribution in [0.25, 0.3) is 0 Å². The first-order valence-electron chi connectivity index (χ1n) is 10.4. The minimum absolute atomic E-state index is 0.00367. The second-order valence-electron chi connectivity index (χ2n) is 8.11. The molecule has 6 nitrogen and oxygen atoms in total. The molecule has 0 bridgehead atoms. The molecule has 162 valence electrons. The monoisotopic (exact) mass is 429 g/mol. The van der Waals surface area contributed by atoms with Gasteiger partial charge < -0.3 is 10.2 Å². The van der Waals surface area contributed by atoms with Crippen LogP contribution < -0.4 is 5.32 Å². The second-order valence-corrected chi connectivity index (χ2v) is 10.0. The van der Waals surface area contributed by atoms with Crippen molar-refractivity contribution in [2.24, 2.45) is 5.92 Å². The van der Waals surface area contributed by atoms with Crippen molar-refractivity contribution >= 4 is 15.9 Å². The van der Waals surface area contributed by atoms with E-state index in [1.54, 1.807) is 29.2 Å². The Hall–Kier alpha value is -2.22. The van der Waals surface area contributed by atoms with Crippen LogP contribution in [0, 0.1) is 12.8 Å². The highest BCUT2D eigenvalue weighted by Gasteiger charge is 2.30. The van der Waals surface area contributed by atoms with E-state index in [-0.39, 0.29) is 18.5 Å². The van der Waals surface area contributed by atoms with E-state index in [4.69, 9.17) is 0 Å². The van der Waals surface area contributed by atoms with Crippen molar-refractivity contribution in [2.75, 3.05) is 32.7 Å². The molecule has 3 rings (SSSR count). The van der Waals surface area contributed by atoms with Gasteiger partial charge in [-0.2, -0.15) is 4.31 Å². The number of sulfonamides is 1. The maximum Gasteiger partial charge on any atom is 0.243 e. The number of nitrogens with zero attached hydrogens (tertiary/aromatic N) is 2. The summed E-state index contributed by atoms with van der Waals surface area (Å²) >= 11 is 0. The number of benzene rings is 2. The van der Waals surface area contributed by atoms with Crippen LogP contribution in [-0.4, -0.2) is 56.3 Å². The maximum atomic E-state index is 12.8. The van der Waals surface area contributed by atoms with Crippen molar-refractivity contribution in [1.29, 1.82) is 0 Å². The lowest BCUT2D eigenvalue weighted by molar-refractivity contribution is -0.131. The number of nitrogens with one attached hydrogen (secondary N) is 1. The van der Waals surface area contributed by atoms with Crippen LogP contribution in [0.1, 0.15) is 31.0 Å². The molecule has 1 heterocycles. The second kappa shape index (κ2) is 9.73. The highest BCUT2D eigenvalue weighted by atomic mass is 32.2. The molecule has 1 aliphatic heterocycles. The highest BCUT2D eigenvalue weighted by Crippen LogP contribution is 2.21. The third-order valence-electron chi connectivity index (χ3n) is 5.55. The normalized spacial score (nSPS) is 16.6. The molecule has 0 aliphatic carbocycles. The van der Waals surface area contributed by atoms with Gasteiger partial charge in [0.15, 0.2) is 0 Å². The Morgan fingerprint density at radius 2 is 1.57 bits per heavy atom. The van der Waals surface area contributed by atoms with Gasteiger partial charge in [-0.25, -0.2) is 8.42 Å². The van der Waals surface area contributed by atoms with Gasteiger partial charge >= 0.3 is 0 Å². The first-order chi connectivity index (χ1) is 14.3. The van der Waals surface area contributed by atoms with Gasteiger partial charge in [-0.3, -0.25) is 4.79 Å². The molecule has 2 aromatic carbocycles. The lowest BCUT2D eigenvalue weighted by atomic mass is 9.96. The van der Waals surface area contributed by atoms with Gasteiger partial charge in [0.05, 0.1) is 11.4 Å². The zero-order chi connectivity index (χ0) is 21.7. The van der Waals surface area contributed by atoms with Gasteiger partial charge in [-0.15, -0.1) is 0 Å². The number of rotatable bonds is 7. The Morgan fingerprint density at radius 1 is 0.967 bits per heavy atom. The molecule has 1 N–H and O–H groups in total. The van der Waals surface area contributed by atoms with Crippen molar-refractivity contribution < 1.29 is 13.2 Å². The Morgan fingerprint density at radius 3 is 2.13 bits per heavy atom. The summed E-state index contributed by atoms with van der Waals surface area (Å²) in [7, 11) is -3.52. The number of hydrogen-bond acceptors (Lipinski definition) is 4. The van der Waals surface area contributed by atoms with E-state index in [9.17, 15) is 13.2 Å². The van der Waals surface area contributed by atoms with Gasteiger partial charge in [0.25, 0.3) is 0 Å². The van der Waals surface area contributed by atoms with Crippen LogP contribution in [-0.2, 0) is 14.8 Å². The summed E-state index contributed by atoms with van der Waals surface area (Å²) in [4.78, 5) is 14.8. The van der Waals surface area contributed by atoms with Crippen LogP contribution in [0.4, 0.5) is 0 Å². The molecule has 1 amide bonds. The quantitative estimate of drug-likeness (QED) is 0.735. The van der Waals surface area contributed by atoms with Gasteiger partial charge in [0.1, 0.15) is 0 Å². The molecular formula is C23H31N3O3S. The lowest BCUT2D eigenvalue weighted by Crippen LogP contribution is -2.52. The SMILES string of the molecule is Cc1ccc(S(=O)(=O)N2CCN(C(=O)CN[C@H](c3ccccc3)C(C)C)CC2)cc1. The summed E-state index contributed by atoms with van der Waals surface area (Å²) in [6, 6.07) is 17.1. The molecule has 1 saturated heterocycles. The van der Waals surface area contributed by atoms with Crippen molar-refractivity contribution in [2.45, 2.75) is 31.7 Å². The minimum Gasteiger partial charge on any atom is -0.339 e. The predicted molar refractivity (Wildman–Crippen MR) is 119 cm³/mol. The smallest absolute Gasteiger partial charge is 0.243 e. The summed E-state index contributed by atoms with van der Waals surface area (Å²) in [5.41, 5.74) is 2.18. The van der Waals surface area contributed by atoms with Gasteiger partial charge in [0.2, 0.25) is 15.9 Å². The molecule has 30 heavy (non-hydrogen) atoms. The maximum absolute atomic E-state index is 12.8. The molecule has 2 aromatic rings. The van der Waals surface area contributed by atoms with E-state index in [0.717, 1.165) is 11.1 Å². The molecule has 0 radical (unpaired) electrons. The van der Waals surface area contributed by atoms with Gasteiger partial charge in [-0.1, -0.05) is 61.9 Å².